The third-order valence-corrected chi connectivity index (χ3v) is 3.63. The van der Waals surface area contributed by atoms with Crippen LogP contribution >= 0.6 is 22.6 Å². The van der Waals surface area contributed by atoms with Crippen molar-refractivity contribution in [1.82, 2.24) is 9.55 Å². The summed E-state index contributed by atoms with van der Waals surface area (Å²) in [7, 11) is 1.56. The Kier molecular flexibility index (Phi) is 4.53. The zero-order chi connectivity index (χ0) is 14.7. The van der Waals surface area contributed by atoms with Crippen molar-refractivity contribution in [3.63, 3.8) is 0 Å². The van der Waals surface area contributed by atoms with Crippen molar-refractivity contribution in [2.24, 2.45) is 0 Å². The summed E-state index contributed by atoms with van der Waals surface area (Å²) < 4.78 is 7.31. The molecule has 0 radical (unpaired) electrons. The minimum atomic E-state index is -0.115. The maximum absolute atomic E-state index is 12.0. The molecule has 104 valence electrons. The van der Waals surface area contributed by atoms with E-state index < -0.39 is 0 Å². The number of halogens is 1. The molecule has 1 heterocycles. The molecule has 6 heteroatoms. The molecule has 0 fully saturated rings. The number of nitrogens with zero attached hydrogens (tertiary/aromatic N) is 2. The Hall–Kier alpha value is -1.70. The van der Waals surface area contributed by atoms with Gasteiger partial charge in [-0.2, -0.15) is 0 Å². The lowest BCUT2D eigenvalue weighted by molar-refractivity contribution is 0.101. The van der Waals surface area contributed by atoms with Crippen LogP contribution in [0.5, 0.6) is 5.75 Å². The molecule has 0 saturated carbocycles. The molecule has 5 nitrogen and oxygen atoms in total. The van der Waals surface area contributed by atoms with Gasteiger partial charge in [0.05, 0.1) is 23.6 Å². The average molecular weight is 384 g/mol. The van der Waals surface area contributed by atoms with Crippen LogP contribution in [0.25, 0.3) is 0 Å². The molecular formula is C14H13IN2O3. The van der Waals surface area contributed by atoms with E-state index in [0.29, 0.717) is 21.4 Å². The van der Waals surface area contributed by atoms with E-state index in [2.05, 4.69) is 4.98 Å². The van der Waals surface area contributed by atoms with E-state index in [4.69, 9.17) is 4.74 Å². The summed E-state index contributed by atoms with van der Waals surface area (Å²) in [5.74, 6) is 0.614. The van der Waals surface area contributed by atoms with Crippen LogP contribution in [-0.4, -0.2) is 22.4 Å². The fraction of sp³-hybridized carbons (Fsp3) is 0.214. The second-order valence-corrected chi connectivity index (χ2v) is 5.42. The van der Waals surface area contributed by atoms with E-state index in [1.165, 1.54) is 24.0 Å². The average Bonchev–Trinajstić information content (AvgIpc) is 2.43. The van der Waals surface area contributed by atoms with E-state index in [0.717, 1.165) is 5.56 Å². The minimum absolute atomic E-state index is 0.0259. The quantitative estimate of drug-likeness (QED) is 0.599. The molecule has 0 aliphatic heterocycles. The highest BCUT2D eigenvalue weighted by Gasteiger charge is 2.09. The van der Waals surface area contributed by atoms with Crippen LogP contribution in [0.1, 0.15) is 22.8 Å². The summed E-state index contributed by atoms with van der Waals surface area (Å²) in [6.45, 7) is 1.82. The normalized spacial score (nSPS) is 10.3. The van der Waals surface area contributed by atoms with Crippen molar-refractivity contribution in [2.75, 3.05) is 7.11 Å². The van der Waals surface area contributed by atoms with E-state index in [1.54, 1.807) is 25.3 Å². The van der Waals surface area contributed by atoms with Gasteiger partial charge in [-0.25, -0.2) is 4.98 Å². The zero-order valence-corrected chi connectivity index (χ0v) is 13.2. The summed E-state index contributed by atoms with van der Waals surface area (Å²) in [4.78, 5) is 27.4. The topological polar surface area (TPSA) is 61.2 Å². The van der Waals surface area contributed by atoms with Crippen LogP contribution in [-0.2, 0) is 6.54 Å². The largest absolute Gasteiger partial charge is 0.496 e. The van der Waals surface area contributed by atoms with E-state index in [1.807, 2.05) is 22.6 Å². The molecule has 0 aliphatic rings. The Balaban J connectivity index is 2.46. The van der Waals surface area contributed by atoms with Crippen molar-refractivity contribution < 1.29 is 9.53 Å². The molecule has 1 aromatic carbocycles. The second kappa shape index (κ2) is 6.17. The van der Waals surface area contributed by atoms with E-state index in [-0.39, 0.29) is 11.3 Å². The number of carbonyl (C=O) groups is 1. The highest BCUT2D eigenvalue weighted by molar-refractivity contribution is 14.1. The number of hydrogen-bond donors (Lipinski definition) is 0. The predicted molar refractivity (Wildman–Crippen MR) is 83.3 cm³/mol. The molecule has 20 heavy (non-hydrogen) atoms. The fourth-order valence-electron chi connectivity index (χ4n) is 1.84. The Bertz CT molecular complexity index is 710. The standard InChI is InChI=1S/C14H13IN2O3/c1-9(18)10-3-4-13(20-2)11(5-10)7-17-8-16-6-12(15)14(17)19/h3-6,8H,7H2,1-2H3. The predicted octanol–water partition coefficient (Wildman–Crippen LogP) is 2.11. The van der Waals surface area contributed by atoms with Crippen molar-refractivity contribution in [3.05, 3.63) is 55.8 Å². The van der Waals surface area contributed by atoms with Gasteiger partial charge in [-0.1, -0.05) is 0 Å². The van der Waals surface area contributed by atoms with Crippen LogP contribution in [0, 0.1) is 3.57 Å². The first kappa shape index (κ1) is 14.7. The highest BCUT2D eigenvalue weighted by atomic mass is 127. The number of ether oxygens (including phenoxy) is 1. The number of carbonyl (C=O) groups excluding carboxylic acids is 1. The molecule has 2 rings (SSSR count). The van der Waals surface area contributed by atoms with Gasteiger partial charge in [0.15, 0.2) is 5.78 Å². The smallest absolute Gasteiger partial charge is 0.267 e. The van der Waals surface area contributed by atoms with Crippen molar-refractivity contribution >= 4 is 28.4 Å². The molecule has 2 aromatic rings. The molecule has 0 saturated heterocycles. The first-order valence-corrected chi connectivity index (χ1v) is 6.98. The Labute approximate surface area is 129 Å². The van der Waals surface area contributed by atoms with Crippen LogP contribution in [0.15, 0.2) is 35.5 Å². The first-order chi connectivity index (χ1) is 9.52. The van der Waals surface area contributed by atoms with Crippen LogP contribution < -0.4 is 10.3 Å². The number of benzene rings is 1. The number of Topliss-reactive ketones (excluding diaryl/α,β-unsaturated/α-hetero) is 1. The van der Waals surface area contributed by atoms with Crippen LogP contribution in [0.3, 0.4) is 0 Å². The molecule has 0 spiro atoms. The number of ketones is 1. The summed E-state index contributed by atoms with van der Waals surface area (Å²) in [5.41, 5.74) is 1.24. The van der Waals surface area contributed by atoms with Crippen LogP contribution in [0.4, 0.5) is 0 Å². The summed E-state index contributed by atoms with van der Waals surface area (Å²) in [6.07, 6.45) is 2.99. The van der Waals surface area contributed by atoms with Gasteiger partial charge in [0.25, 0.3) is 5.56 Å². The van der Waals surface area contributed by atoms with Gasteiger partial charge in [-0.05, 0) is 47.7 Å². The van der Waals surface area contributed by atoms with Gasteiger partial charge in [0, 0.05) is 17.3 Å². The van der Waals surface area contributed by atoms with Gasteiger partial charge in [0.1, 0.15) is 5.75 Å². The molecule has 0 N–H and O–H groups in total. The van der Waals surface area contributed by atoms with Crippen molar-refractivity contribution in [1.29, 1.82) is 0 Å². The molecular weight excluding hydrogens is 371 g/mol. The maximum Gasteiger partial charge on any atom is 0.267 e. The lowest BCUT2D eigenvalue weighted by Crippen LogP contribution is -2.23. The fourth-order valence-corrected chi connectivity index (χ4v) is 2.31. The molecule has 0 amide bonds. The minimum Gasteiger partial charge on any atom is -0.496 e. The second-order valence-electron chi connectivity index (χ2n) is 4.26. The highest BCUT2D eigenvalue weighted by Crippen LogP contribution is 2.21. The SMILES string of the molecule is COc1ccc(C(C)=O)cc1Cn1cncc(I)c1=O. The van der Waals surface area contributed by atoms with Gasteiger partial charge in [0.2, 0.25) is 0 Å². The summed E-state index contributed by atoms with van der Waals surface area (Å²) in [5, 5.41) is 0. The molecule has 0 bridgehead atoms. The first-order valence-electron chi connectivity index (χ1n) is 5.90. The molecule has 1 aromatic heterocycles. The Morgan fingerprint density at radius 3 is 2.85 bits per heavy atom. The lowest BCUT2D eigenvalue weighted by atomic mass is 10.1. The monoisotopic (exact) mass is 384 g/mol. The van der Waals surface area contributed by atoms with Gasteiger partial charge >= 0.3 is 0 Å². The third kappa shape index (κ3) is 3.06. The van der Waals surface area contributed by atoms with E-state index >= 15 is 0 Å². The maximum atomic E-state index is 12.0. The lowest BCUT2D eigenvalue weighted by Gasteiger charge is -2.11. The number of rotatable bonds is 4. The van der Waals surface area contributed by atoms with Crippen LogP contribution in [0.2, 0.25) is 0 Å². The number of aromatic nitrogens is 2. The third-order valence-electron chi connectivity index (χ3n) is 2.89. The van der Waals surface area contributed by atoms with Gasteiger partial charge in [-0.15, -0.1) is 0 Å². The van der Waals surface area contributed by atoms with E-state index in [9.17, 15) is 9.59 Å². The molecule has 0 aliphatic carbocycles. The number of methoxy groups -OCH3 is 1. The summed E-state index contributed by atoms with van der Waals surface area (Å²) >= 11 is 1.95. The molecule has 0 atom stereocenters. The molecule has 0 unspecified atom stereocenters. The van der Waals surface area contributed by atoms with Crippen molar-refractivity contribution in [2.45, 2.75) is 13.5 Å². The zero-order valence-electron chi connectivity index (χ0n) is 11.1. The Morgan fingerprint density at radius 1 is 1.45 bits per heavy atom. The van der Waals surface area contributed by atoms with Crippen molar-refractivity contribution in [3.8, 4) is 5.75 Å². The van der Waals surface area contributed by atoms with Gasteiger partial charge < -0.3 is 4.74 Å². The summed E-state index contributed by atoms with van der Waals surface area (Å²) in [6, 6.07) is 5.19. The Morgan fingerprint density at radius 2 is 2.20 bits per heavy atom. The number of hydrogen-bond acceptors (Lipinski definition) is 4. The van der Waals surface area contributed by atoms with Gasteiger partial charge in [-0.3, -0.25) is 14.2 Å².